The van der Waals surface area contributed by atoms with E-state index in [1.807, 2.05) is 42.3 Å². The first-order chi connectivity index (χ1) is 14.5. The summed E-state index contributed by atoms with van der Waals surface area (Å²) in [5.41, 5.74) is 5.43. The standard InChI is InChI=1S/C24H28N4O2/c1-16-8-9-21-19(15-26-22(21)13-16)10-11-25-24(30)27-17(2)18-5-3-6-20(14-18)28-12-4-7-23(28)29/h3,5-6,8-9,13-15,17,26H,4,7,10-12H2,1-2H3,(H2,25,27,30). The van der Waals surface area contributed by atoms with Gasteiger partial charge in [-0.15, -0.1) is 0 Å². The highest BCUT2D eigenvalue weighted by atomic mass is 16.2. The highest BCUT2D eigenvalue weighted by Crippen LogP contribution is 2.25. The summed E-state index contributed by atoms with van der Waals surface area (Å²) in [4.78, 5) is 29.5. The van der Waals surface area contributed by atoms with E-state index in [1.54, 1.807) is 0 Å². The van der Waals surface area contributed by atoms with E-state index < -0.39 is 0 Å². The van der Waals surface area contributed by atoms with Crippen molar-refractivity contribution in [3.05, 3.63) is 65.4 Å². The second kappa shape index (κ2) is 8.61. The number of aryl methyl sites for hydroxylation is 1. The Balaban J connectivity index is 1.31. The number of amides is 3. The van der Waals surface area contributed by atoms with E-state index in [4.69, 9.17) is 0 Å². The molecular formula is C24H28N4O2. The van der Waals surface area contributed by atoms with Crippen LogP contribution < -0.4 is 15.5 Å². The molecule has 1 unspecified atom stereocenters. The van der Waals surface area contributed by atoms with Crippen molar-refractivity contribution < 1.29 is 9.59 Å². The first-order valence-corrected chi connectivity index (χ1v) is 10.5. The van der Waals surface area contributed by atoms with Gasteiger partial charge in [0.1, 0.15) is 0 Å². The van der Waals surface area contributed by atoms with Gasteiger partial charge in [0, 0.05) is 42.3 Å². The smallest absolute Gasteiger partial charge is 0.315 e. The zero-order chi connectivity index (χ0) is 21.1. The molecule has 0 bridgehead atoms. The van der Waals surface area contributed by atoms with Gasteiger partial charge in [-0.1, -0.05) is 24.3 Å². The average molecular weight is 405 g/mol. The van der Waals surface area contributed by atoms with Crippen LogP contribution in [-0.4, -0.2) is 30.0 Å². The Morgan fingerprint density at radius 1 is 1.23 bits per heavy atom. The number of hydrogen-bond acceptors (Lipinski definition) is 2. The van der Waals surface area contributed by atoms with E-state index >= 15 is 0 Å². The zero-order valence-corrected chi connectivity index (χ0v) is 17.5. The van der Waals surface area contributed by atoms with Crippen molar-refractivity contribution in [2.45, 2.75) is 39.2 Å². The number of nitrogens with zero attached hydrogens (tertiary/aromatic N) is 1. The Hall–Kier alpha value is -3.28. The number of aromatic amines is 1. The quantitative estimate of drug-likeness (QED) is 0.576. The molecule has 6 heteroatoms. The summed E-state index contributed by atoms with van der Waals surface area (Å²) in [7, 11) is 0. The van der Waals surface area contributed by atoms with Gasteiger partial charge in [-0.3, -0.25) is 4.79 Å². The molecule has 3 aromatic rings. The highest BCUT2D eigenvalue weighted by molar-refractivity contribution is 5.95. The molecule has 156 valence electrons. The summed E-state index contributed by atoms with van der Waals surface area (Å²) in [5.74, 6) is 0.165. The predicted octanol–water partition coefficient (Wildman–Crippen LogP) is 4.21. The molecular weight excluding hydrogens is 376 g/mol. The van der Waals surface area contributed by atoms with E-state index in [9.17, 15) is 9.59 Å². The number of fused-ring (bicyclic) bond motifs is 1. The van der Waals surface area contributed by atoms with Crippen molar-refractivity contribution in [3.8, 4) is 0 Å². The molecule has 4 rings (SSSR count). The zero-order valence-electron chi connectivity index (χ0n) is 17.5. The number of urea groups is 1. The van der Waals surface area contributed by atoms with Crippen LogP contribution >= 0.6 is 0 Å². The van der Waals surface area contributed by atoms with Crippen LogP contribution in [0.4, 0.5) is 10.5 Å². The van der Waals surface area contributed by atoms with E-state index in [0.717, 1.165) is 36.2 Å². The lowest BCUT2D eigenvalue weighted by Gasteiger charge is -2.19. The van der Waals surface area contributed by atoms with Crippen molar-refractivity contribution in [1.82, 2.24) is 15.6 Å². The Morgan fingerprint density at radius 2 is 2.10 bits per heavy atom. The van der Waals surface area contributed by atoms with Crippen LogP contribution in [0.25, 0.3) is 10.9 Å². The van der Waals surface area contributed by atoms with Gasteiger partial charge in [-0.25, -0.2) is 4.79 Å². The Bertz CT molecular complexity index is 1070. The number of aromatic nitrogens is 1. The van der Waals surface area contributed by atoms with E-state index in [0.29, 0.717) is 13.0 Å². The molecule has 1 saturated heterocycles. The normalized spacial score (nSPS) is 14.9. The number of H-pyrrole nitrogens is 1. The summed E-state index contributed by atoms with van der Waals surface area (Å²) in [6.45, 7) is 5.35. The Kier molecular flexibility index (Phi) is 5.74. The summed E-state index contributed by atoms with van der Waals surface area (Å²) in [6, 6.07) is 13.9. The van der Waals surface area contributed by atoms with Gasteiger partial charge < -0.3 is 20.5 Å². The molecule has 1 atom stereocenters. The molecule has 1 aromatic heterocycles. The van der Waals surface area contributed by atoms with E-state index in [2.05, 4.69) is 40.7 Å². The lowest BCUT2D eigenvalue weighted by Crippen LogP contribution is -2.38. The lowest BCUT2D eigenvalue weighted by atomic mass is 10.1. The molecule has 0 radical (unpaired) electrons. The van der Waals surface area contributed by atoms with Crippen LogP contribution in [0, 0.1) is 6.92 Å². The number of benzene rings is 2. The molecule has 0 saturated carbocycles. The number of rotatable bonds is 6. The summed E-state index contributed by atoms with van der Waals surface area (Å²) in [6.07, 6.45) is 4.28. The number of carbonyl (C=O) groups excluding carboxylic acids is 2. The molecule has 2 aromatic carbocycles. The van der Waals surface area contributed by atoms with Gasteiger partial charge >= 0.3 is 6.03 Å². The maximum absolute atomic E-state index is 12.4. The fourth-order valence-electron chi connectivity index (χ4n) is 4.03. The summed E-state index contributed by atoms with van der Waals surface area (Å²) in [5, 5.41) is 7.13. The first kappa shape index (κ1) is 20.0. The molecule has 1 fully saturated rings. The van der Waals surface area contributed by atoms with Crippen molar-refractivity contribution >= 4 is 28.5 Å². The monoisotopic (exact) mass is 404 g/mol. The van der Waals surface area contributed by atoms with Crippen LogP contribution in [0.1, 0.15) is 42.5 Å². The lowest BCUT2D eigenvalue weighted by molar-refractivity contribution is -0.117. The van der Waals surface area contributed by atoms with Crippen molar-refractivity contribution in [2.75, 3.05) is 18.0 Å². The van der Waals surface area contributed by atoms with Crippen LogP contribution in [0.5, 0.6) is 0 Å². The van der Waals surface area contributed by atoms with Gasteiger partial charge in [-0.2, -0.15) is 0 Å². The molecule has 1 aliphatic rings. The Morgan fingerprint density at radius 3 is 2.90 bits per heavy atom. The third-order valence-electron chi connectivity index (χ3n) is 5.71. The molecule has 2 heterocycles. The second-order valence-corrected chi connectivity index (χ2v) is 7.98. The van der Waals surface area contributed by atoms with Crippen molar-refractivity contribution in [2.24, 2.45) is 0 Å². The van der Waals surface area contributed by atoms with Gasteiger partial charge in [0.05, 0.1) is 6.04 Å². The summed E-state index contributed by atoms with van der Waals surface area (Å²) >= 11 is 0. The van der Waals surface area contributed by atoms with E-state index in [-0.39, 0.29) is 18.0 Å². The van der Waals surface area contributed by atoms with Crippen molar-refractivity contribution in [1.29, 1.82) is 0 Å². The van der Waals surface area contributed by atoms with Gasteiger partial charge in [-0.05, 0) is 61.6 Å². The topological polar surface area (TPSA) is 77.2 Å². The molecule has 1 aliphatic heterocycles. The minimum absolute atomic E-state index is 0.154. The Labute approximate surface area is 176 Å². The molecule has 3 amide bonds. The van der Waals surface area contributed by atoms with E-state index in [1.165, 1.54) is 16.5 Å². The first-order valence-electron chi connectivity index (χ1n) is 10.5. The minimum Gasteiger partial charge on any atom is -0.361 e. The predicted molar refractivity (Wildman–Crippen MR) is 120 cm³/mol. The molecule has 6 nitrogen and oxygen atoms in total. The maximum atomic E-state index is 12.4. The van der Waals surface area contributed by atoms with Crippen LogP contribution in [0.2, 0.25) is 0 Å². The van der Waals surface area contributed by atoms with Gasteiger partial charge in [0.25, 0.3) is 0 Å². The molecule has 30 heavy (non-hydrogen) atoms. The minimum atomic E-state index is -0.194. The molecule has 3 N–H and O–H groups in total. The third kappa shape index (κ3) is 4.32. The second-order valence-electron chi connectivity index (χ2n) is 7.98. The number of anilines is 1. The highest BCUT2D eigenvalue weighted by Gasteiger charge is 2.22. The molecule has 0 spiro atoms. The van der Waals surface area contributed by atoms with Gasteiger partial charge in [0.2, 0.25) is 5.91 Å². The maximum Gasteiger partial charge on any atom is 0.315 e. The SMILES string of the molecule is Cc1ccc2c(CCNC(=O)NC(C)c3cccc(N4CCCC4=O)c3)c[nH]c2c1. The summed E-state index contributed by atoms with van der Waals surface area (Å²) < 4.78 is 0. The van der Waals surface area contributed by atoms with Crippen LogP contribution in [-0.2, 0) is 11.2 Å². The number of carbonyl (C=O) groups is 2. The third-order valence-corrected chi connectivity index (χ3v) is 5.71. The average Bonchev–Trinajstić information content (AvgIpc) is 3.34. The van der Waals surface area contributed by atoms with Crippen molar-refractivity contribution in [3.63, 3.8) is 0 Å². The van der Waals surface area contributed by atoms with Crippen LogP contribution in [0.15, 0.2) is 48.7 Å². The fourth-order valence-corrected chi connectivity index (χ4v) is 4.03. The number of nitrogens with one attached hydrogen (secondary N) is 3. The van der Waals surface area contributed by atoms with Gasteiger partial charge in [0.15, 0.2) is 0 Å². The fraction of sp³-hybridized carbons (Fsp3) is 0.333. The molecule has 0 aliphatic carbocycles. The van der Waals surface area contributed by atoms with Crippen LogP contribution in [0.3, 0.4) is 0 Å². The number of hydrogen-bond donors (Lipinski definition) is 3. The largest absolute Gasteiger partial charge is 0.361 e.